The van der Waals surface area contributed by atoms with Crippen LogP contribution in [-0.2, 0) is 11.3 Å². The Hall–Kier alpha value is -2.21. The van der Waals surface area contributed by atoms with Gasteiger partial charge in [0.2, 0.25) is 5.91 Å². The van der Waals surface area contributed by atoms with Crippen LogP contribution in [0.15, 0.2) is 18.2 Å². The molecule has 1 N–H and O–H groups in total. The maximum atomic E-state index is 12.1. The van der Waals surface area contributed by atoms with Gasteiger partial charge in [-0.2, -0.15) is 5.10 Å². The molecule has 0 atom stereocenters. The summed E-state index contributed by atoms with van der Waals surface area (Å²) in [6.45, 7) is 8.64. The summed E-state index contributed by atoms with van der Waals surface area (Å²) in [5.74, 6) is -0.0361. The first kappa shape index (κ1) is 15.7. The van der Waals surface area contributed by atoms with Crippen molar-refractivity contribution in [2.24, 2.45) is 0 Å². The molecule has 1 aromatic carbocycles. The average Bonchev–Trinajstić information content (AvgIpc) is 2.99. The molecule has 3 aromatic rings. The van der Waals surface area contributed by atoms with Crippen molar-refractivity contribution in [3.05, 3.63) is 40.7 Å². The number of aryl methyl sites for hydroxylation is 5. The van der Waals surface area contributed by atoms with E-state index in [-0.39, 0.29) is 5.91 Å². The Morgan fingerprint density at radius 2 is 2.00 bits per heavy atom. The van der Waals surface area contributed by atoms with Crippen LogP contribution >= 0.6 is 11.3 Å². The van der Waals surface area contributed by atoms with Gasteiger partial charge in [0.15, 0.2) is 5.13 Å². The summed E-state index contributed by atoms with van der Waals surface area (Å²) in [7, 11) is 0. The number of aromatic nitrogens is 3. The van der Waals surface area contributed by atoms with Gasteiger partial charge in [0.05, 0.1) is 15.9 Å². The summed E-state index contributed by atoms with van der Waals surface area (Å²) < 4.78 is 2.97. The molecule has 0 fully saturated rings. The molecular weight excluding hydrogens is 308 g/mol. The van der Waals surface area contributed by atoms with Gasteiger partial charge in [-0.05, 0) is 51.0 Å². The van der Waals surface area contributed by atoms with E-state index in [1.165, 1.54) is 16.9 Å². The number of amides is 1. The molecule has 23 heavy (non-hydrogen) atoms. The minimum atomic E-state index is -0.0361. The van der Waals surface area contributed by atoms with E-state index in [1.807, 2.05) is 31.5 Å². The summed E-state index contributed by atoms with van der Waals surface area (Å²) in [6, 6.07) is 6.22. The zero-order valence-corrected chi connectivity index (χ0v) is 14.6. The summed E-state index contributed by atoms with van der Waals surface area (Å²) in [5, 5.41) is 7.93. The molecule has 2 aromatic heterocycles. The Kier molecular flexibility index (Phi) is 4.17. The lowest BCUT2D eigenvalue weighted by atomic mass is 10.1. The second-order valence-electron chi connectivity index (χ2n) is 5.90. The van der Waals surface area contributed by atoms with Crippen LogP contribution in [0, 0.1) is 27.7 Å². The van der Waals surface area contributed by atoms with Gasteiger partial charge in [-0.15, -0.1) is 0 Å². The summed E-state index contributed by atoms with van der Waals surface area (Å²) in [5.41, 5.74) is 5.36. The second kappa shape index (κ2) is 6.12. The predicted octanol–water partition coefficient (Wildman–Crippen LogP) is 3.76. The monoisotopic (exact) mass is 328 g/mol. The lowest BCUT2D eigenvalue weighted by Gasteiger charge is -2.04. The van der Waals surface area contributed by atoms with Crippen molar-refractivity contribution in [3.63, 3.8) is 0 Å². The average molecular weight is 328 g/mol. The Morgan fingerprint density at radius 3 is 2.70 bits per heavy atom. The fraction of sp³-hybridized carbons (Fsp3) is 0.353. The normalized spacial score (nSPS) is 11.1. The first-order chi connectivity index (χ1) is 10.9. The Labute approximate surface area is 139 Å². The molecule has 0 saturated heterocycles. The number of hydrogen-bond donors (Lipinski definition) is 1. The first-order valence-corrected chi connectivity index (χ1v) is 8.43. The highest BCUT2D eigenvalue weighted by molar-refractivity contribution is 7.22. The molecule has 1 amide bonds. The van der Waals surface area contributed by atoms with Crippen molar-refractivity contribution >= 4 is 32.6 Å². The molecule has 6 heteroatoms. The fourth-order valence-electron chi connectivity index (χ4n) is 2.71. The number of benzene rings is 1. The van der Waals surface area contributed by atoms with E-state index in [2.05, 4.69) is 34.5 Å². The van der Waals surface area contributed by atoms with E-state index >= 15 is 0 Å². The maximum Gasteiger partial charge on any atom is 0.228 e. The highest BCUT2D eigenvalue weighted by atomic mass is 32.1. The molecule has 0 spiro atoms. The van der Waals surface area contributed by atoms with Crippen LogP contribution in [0.2, 0.25) is 0 Å². The van der Waals surface area contributed by atoms with Crippen LogP contribution in [0.3, 0.4) is 0 Å². The zero-order chi connectivity index (χ0) is 16.6. The number of carbonyl (C=O) groups is 1. The lowest BCUT2D eigenvalue weighted by Crippen LogP contribution is -2.15. The Balaban J connectivity index is 1.68. The van der Waals surface area contributed by atoms with Crippen LogP contribution < -0.4 is 5.32 Å². The van der Waals surface area contributed by atoms with E-state index in [1.54, 1.807) is 0 Å². The van der Waals surface area contributed by atoms with Gasteiger partial charge in [0.25, 0.3) is 0 Å². The van der Waals surface area contributed by atoms with Gasteiger partial charge in [-0.1, -0.05) is 17.4 Å². The molecule has 0 aliphatic carbocycles. The van der Waals surface area contributed by atoms with Gasteiger partial charge >= 0.3 is 0 Å². The Bertz CT molecular complexity index is 878. The van der Waals surface area contributed by atoms with Crippen molar-refractivity contribution in [2.75, 3.05) is 5.32 Å². The van der Waals surface area contributed by atoms with Gasteiger partial charge in [-0.25, -0.2) is 4.98 Å². The molecule has 0 unspecified atom stereocenters. The van der Waals surface area contributed by atoms with Crippen molar-refractivity contribution in [1.82, 2.24) is 14.8 Å². The molecule has 3 rings (SSSR count). The fourth-order valence-corrected chi connectivity index (χ4v) is 3.77. The van der Waals surface area contributed by atoms with Gasteiger partial charge in [0.1, 0.15) is 0 Å². The molecular formula is C17H20N4OS. The standard InChI is InChI=1S/C17H20N4OS/c1-10-7-11(2)16-14(8-10)23-17(19-16)18-15(22)5-6-21-13(4)9-12(3)20-21/h7-9H,5-6H2,1-4H3,(H,18,19,22). The Morgan fingerprint density at radius 1 is 1.22 bits per heavy atom. The van der Waals surface area contributed by atoms with E-state index in [4.69, 9.17) is 0 Å². The SMILES string of the molecule is Cc1cc(C)c2nc(NC(=O)CCn3nc(C)cc3C)sc2c1. The quantitative estimate of drug-likeness (QED) is 0.793. The van der Waals surface area contributed by atoms with Crippen molar-refractivity contribution in [3.8, 4) is 0 Å². The number of rotatable bonds is 4. The van der Waals surface area contributed by atoms with Crippen LogP contribution in [0.5, 0.6) is 0 Å². The third-order valence-electron chi connectivity index (χ3n) is 3.73. The second-order valence-corrected chi connectivity index (χ2v) is 6.93. The van der Waals surface area contributed by atoms with Crippen molar-refractivity contribution in [2.45, 2.75) is 40.7 Å². The summed E-state index contributed by atoms with van der Waals surface area (Å²) in [6.07, 6.45) is 0.385. The third kappa shape index (κ3) is 3.42. The van der Waals surface area contributed by atoms with Crippen molar-refractivity contribution < 1.29 is 4.79 Å². The minimum absolute atomic E-state index is 0.0361. The van der Waals surface area contributed by atoms with Crippen LogP contribution in [0.1, 0.15) is 28.9 Å². The number of carbonyl (C=O) groups excluding carboxylic acids is 1. The van der Waals surface area contributed by atoms with Gasteiger partial charge in [0, 0.05) is 18.7 Å². The number of anilines is 1. The number of hydrogen-bond acceptors (Lipinski definition) is 4. The summed E-state index contributed by atoms with van der Waals surface area (Å²) in [4.78, 5) is 16.7. The molecule has 5 nitrogen and oxygen atoms in total. The highest BCUT2D eigenvalue weighted by Gasteiger charge is 2.11. The molecule has 0 radical (unpaired) electrons. The van der Waals surface area contributed by atoms with Crippen LogP contribution in [0.25, 0.3) is 10.2 Å². The van der Waals surface area contributed by atoms with Crippen LogP contribution in [-0.4, -0.2) is 20.7 Å². The first-order valence-electron chi connectivity index (χ1n) is 7.61. The lowest BCUT2D eigenvalue weighted by molar-refractivity contribution is -0.116. The molecule has 0 bridgehead atoms. The molecule has 0 aliphatic heterocycles. The maximum absolute atomic E-state index is 12.1. The van der Waals surface area contributed by atoms with E-state index in [0.29, 0.717) is 18.1 Å². The smallest absolute Gasteiger partial charge is 0.228 e. The number of thiazole rings is 1. The highest BCUT2D eigenvalue weighted by Crippen LogP contribution is 2.29. The third-order valence-corrected chi connectivity index (χ3v) is 4.65. The van der Waals surface area contributed by atoms with Gasteiger partial charge in [-0.3, -0.25) is 9.48 Å². The van der Waals surface area contributed by atoms with Crippen LogP contribution in [0.4, 0.5) is 5.13 Å². The largest absolute Gasteiger partial charge is 0.302 e. The number of fused-ring (bicyclic) bond motifs is 1. The van der Waals surface area contributed by atoms with E-state index in [0.717, 1.165) is 27.2 Å². The molecule has 120 valence electrons. The molecule has 2 heterocycles. The number of nitrogens with zero attached hydrogens (tertiary/aromatic N) is 3. The van der Waals surface area contributed by atoms with E-state index in [9.17, 15) is 4.79 Å². The minimum Gasteiger partial charge on any atom is -0.302 e. The predicted molar refractivity (Wildman–Crippen MR) is 94.0 cm³/mol. The molecule has 0 aliphatic rings. The zero-order valence-electron chi connectivity index (χ0n) is 13.8. The topological polar surface area (TPSA) is 59.8 Å². The van der Waals surface area contributed by atoms with Crippen molar-refractivity contribution in [1.29, 1.82) is 0 Å². The van der Waals surface area contributed by atoms with Gasteiger partial charge < -0.3 is 5.32 Å². The molecule has 0 saturated carbocycles. The number of nitrogens with one attached hydrogen (secondary N) is 1. The summed E-state index contributed by atoms with van der Waals surface area (Å²) >= 11 is 1.52. The van der Waals surface area contributed by atoms with E-state index < -0.39 is 0 Å².